The highest BCUT2D eigenvalue weighted by Gasteiger charge is 2.19. The number of benzene rings is 1. The number of carbonyl (C=O) groups excluding carboxylic acids is 1. The van der Waals surface area contributed by atoms with E-state index < -0.39 is 0 Å². The highest BCUT2D eigenvalue weighted by atomic mass is 79.9. The monoisotopic (exact) mass is 355 g/mol. The topological polar surface area (TPSA) is 49.6 Å². The molecule has 1 saturated heterocycles. The molecule has 0 bridgehead atoms. The second kappa shape index (κ2) is 6.54. The van der Waals surface area contributed by atoms with Gasteiger partial charge >= 0.3 is 0 Å². The molecule has 0 unspecified atom stereocenters. The summed E-state index contributed by atoms with van der Waals surface area (Å²) in [5, 5.41) is 0. The molecule has 2 rings (SSSR count). The quantitative estimate of drug-likeness (QED) is 0.840. The smallest absolute Gasteiger partial charge is 0.242 e. The van der Waals surface area contributed by atoms with Gasteiger partial charge in [0, 0.05) is 35.9 Å². The fourth-order valence-corrected chi connectivity index (χ4v) is 3.19. The molecule has 0 aliphatic carbocycles. The fourth-order valence-electron chi connectivity index (χ4n) is 2.30. The first-order valence-corrected chi connectivity index (χ1v) is 7.77. The van der Waals surface area contributed by atoms with Crippen molar-refractivity contribution in [3.63, 3.8) is 0 Å². The summed E-state index contributed by atoms with van der Waals surface area (Å²) in [5.74, 6) is 0.180. The number of nitrogens with two attached hydrogens (primary N) is 1. The molecule has 1 aromatic rings. The van der Waals surface area contributed by atoms with Gasteiger partial charge in [-0.2, -0.15) is 0 Å². The number of rotatable bonds is 4. The van der Waals surface area contributed by atoms with E-state index in [2.05, 4.69) is 15.9 Å². The number of thiocarbonyl (C=S) groups is 1. The first-order valence-electron chi connectivity index (χ1n) is 6.57. The largest absolute Gasteiger partial charge is 0.389 e. The number of likely N-dealkylation sites (tertiary alicyclic amines) is 1. The van der Waals surface area contributed by atoms with E-state index >= 15 is 0 Å². The molecule has 20 heavy (non-hydrogen) atoms. The van der Waals surface area contributed by atoms with Crippen molar-refractivity contribution in [3.8, 4) is 0 Å². The minimum atomic E-state index is 0.180. The van der Waals surface area contributed by atoms with Crippen molar-refractivity contribution < 1.29 is 4.79 Å². The predicted molar refractivity (Wildman–Crippen MR) is 89.1 cm³/mol. The minimum absolute atomic E-state index is 0.180. The number of nitrogens with zero attached hydrogens (tertiary/aromatic N) is 2. The molecular weight excluding hydrogens is 338 g/mol. The van der Waals surface area contributed by atoms with Crippen LogP contribution in [-0.4, -0.2) is 42.5 Å². The molecule has 0 atom stereocenters. The van der Waals surface area contributed by atoms with Gasteiger partial charge in [0.15, 0.2) is 0 Å². The van der Waals surface area contributed by atoms with Gasteiger partial charge in [0.1, 0.15) is 4.99 Å². The molecular formula is C14H18BrN3OS. The Bertz CT molecular complexity index is 529. The van der Waals surface area contributed by atoms with Gasteiger partial charge in [0.05, 0.1) is 6.54 Å². The number of halogens is 1. The standard InChI is InChI=1S/C14H18BrN3OS/c1-17(9-13(19)18-6-2-3-7-18)10-4-5-11(14(16)20)12(15)8-10/h4-5,8H,2-3,6-7,9H2,1H3,(H2,16,20). The number of likely N-dealkylation sites (N-methyl/N-ethyl adjacent to an activating group) is 1. The summed E-state index contributed by atoms with van der Waals surface area (Å²) in [5.41, 5.74) is 7.40. The van der Waals surface area contributed by atoms with Gasteiger partial charge in [-0.25, -0.2) is 0 Å². The van der Waals surface area contributed by atoms with Crippen LogP contribution in [0.2, 0.25) is 0 Å². The van der Waals surface area contributed by atoms with Crippen molar-refractivity contribution >= 4 is 44.7 Å². The van der Waals surface area contributed by atoms with Crippen molar-refractivity contribution in [1.29, 1.82) is 0 Å². The van der Waals surface area contributed by atoms with Gasteiger partial charge < -0.3 is 15.5 Å². The lowest BCUT2D eigenvalue weighted by Crippen LogP contribution is -2.37. The number of hydrogen-bond donors (Lipinski definition) is 1. The molecule has 1 fully saturated rings. The molecule has 108 valence electrons. The number of amides is 1. The van der Waals surface area contributed by atoms with Crippen LogP contribution < -0.4 is 10.6 Å². The van der Waals surface area contributed by atoms with Gasteiger partial charge in [-0.05, 0) is 47.0 Å². The summed E-state index contributed by atoms with van der Waals surface area (Å²) in [6, 6.07) is 5.74. The zero-order valence-corrected chi connectivity index (χ0v) is 13.8. The summed E-state index contributed by atoms with van der Waals surface area (Å²) >= 11 is 8.43. The summed E-state index contributed by atoms with van der Waals surface area (Å²) < 4.78 is 0.850. The van der Waals surface area contributed by atoms with Gasteiger partial charge in [0.2, 0.25) is 5.91 Å². The Morgan fingerprint density at radius 3 is 2.65 bits per heavy atom. The van der Waals surface area contributed by atoms with E-state index in [0.717, 1.165) is 41.7 Å². The molecule has 0 radical (unpaired) electrons. The first-order chi connectivity index (χ1) is 9.49. The molecule has 1 heterocycles. The zero-order valence-electron chi connectivity index (χ0n) is 11.4. The normalized spacial score (nSPS) is 14.4. The van der Waals surface area contributed by atoms with Crippen LogP contribution in [0.5, 0.6) is 0 Å². The Morgan fingerprint density at radius 1 is 1.45 bits per heavy atom. The van der Waals surface area contributed by atoms with Gasteiger partial charge in [-0.1, -0.05) is 12.2 Å². The van der Waals surface area contributed by atoms with E-state index in [4.69, 9.17) is 18.0 Å². The lowest BCUT2D eigenvalue weighted by atomic mass is 10.2. The second-order valence-electron chi connectivity index (χ2n) is 4.97. The summed E-state index contributed by atoms with van der Waals surface area (Å²) in [6.45, 7) is 2.16. The molecule has 4 nitrogen and oxygen atoms in total. The number of anilines is 1. The maximum Gasteiger partial charge on any atom is 0.242 e. The molecule has 2 N–H and O–H groups in total. The van der Waals surface area contributed by atoms with Crippen LogP contribution in [0, 0.1) is 0 Å². The SMILES string of the molecule is CN(CC(=O)N1CCCC1)c1ccc(C(N)=S)c(Br)c1. The van der Waals surface area contributed by atoms with E-state index in [1.807, 2.05) is 35.0 Å². The average molecular weight is 356 g/mol. The third-order valence-corrected chi connectivity index (χ3v) is 4.37. The third kappa shape index (κ3) is 3.49. The van der Waals surface area contributed by atoms with E-state index in [-0.39, 0.29) is 5.91 Å². The van der Waals surface area contributed by atoms with Gasteiger partial charge in [0.25, 0.3) is 0 Å². The highest BCUT2D eigenvalue weighted by Crippen LogP contribution is 2.23. The maximum absolute atomic E-state index is 12.1. The lowest BCUT2D eigenvalue weighted by Gasteiger charge is -2.23. The number of hydrogen-bond acceptors (Lipinski definition) is 3. The van der Waals surface area contributed by atoms with Crippen LogP contribution in [0.25, 0.3) is 0 Å². The second-order valence-corrected chi connectivity index (χ2v) is 6.27. The minimum Gasteiger partial charge on any atom is -0.389 e. The Morgan fingerprint density at radius 2 is 2.10 bits per heavy atom. The van der Waals surface area contributed by atoms with Gasteiger partial charge in [-0.15, -0.1) is 0 Å². The summed E-state index contributed by atoms with van der Waals surface area (Å²) in [6.07, 6.45) is 2.23. The van der Waals surface area contributed by atoms with Crippen LogP contribution in [-0.2, 0) is 4.79 Å². The summed E-state index contributed by atoms with van der Waals surface area (Å²) in [7, 11) is 1.91. The van der Waals surface area contributed by atoms with Crippen LogP contribution >= 0.6 is 28.1 Å². The van der Waals surface area contributed by atoms with Crippen LogP contribution in [0.1, 0.15) is 18.4 Å². The summed E-state index contributed by atoms with van der Waals surface area (Å²) in [4.78, 5) is 16.3. The molecule has 1 aliphatic rings. The van der Waals surface area contributed by atoms with Crippen molar-refractivity contribution in [2.24, 2.45) is 5.73 Å². The Labute approximate surface area is 133 Å². The van der Waals surface area contributed by atoms with Crippen LogP contribution in [0.3, 0.4) is 0 Å². The van der Waals surface area contributed by atoms with Crippen molar-refractivity contribution in [1.82, 2.24) is 4.90 Å². The molecule has 0 spiro atoms. The fraction of sp³-hybridized carbons (Fsp3) is 0.429. The van der Waals surface area contributed by atoms with Crippen LogP contribution in [0.4, 0.5) is 5.69 Å². The molecule has 1 amide bonds. The molecule has 1 aliphatic heterocycles. The van der Waals surface area contributed by atoms with E-state index in [1.54, 1.807) is 0 Å². The Hall–Kier alpha value is -1.14. The third-order valence-electron chi connectivity index (χ3n) is 3.49. The lowest BCUT2D eigenvalue weighted by molar-refractivity contribution is -0.128. The van der Waals surface area contributed by atoms with Crippen molar-refractivity contribution in [3.05, 3.63) is 28.2 Å². The Balaban J connectivity index is 2.05. The maximum atomic E-state index is 12.1. The highest BCUT2D eigenvalue weighted by molar-refractivity contribution is 9.10. The molecule has 1 aromatic carbocycles. The Kier molecular flexibility index (Phi) is 4.99. The van der Waals surface area contributed by atoms with E-state index in [0.29, 0.717) is 11.5 Å². The molecule has 6 heteroatoms. The molecule has 0 aromatic heterocycles. The van der Waals surface area contributed by atoms with Crippen LogP contribution in [0.15, 0.2) is 22.7 Å². The average Bonchev–Trinajstić information content (AvgIpc) is 2.91. The zero-order chi connectivity index (χ0) is 14.7. The number of carbonyl (C=O) groups is 1. The predicted octanol–water partition coefficient (Wildman–Crippen LogP) is 2.14. The van der Waals surface area contributed by atoms with Crippen molar-refractivity contribution in [2.45, 2.75) is 12.8 Å². The molecule has 0 saturated carbocycles. The van der Waals surface area contributed by atoms with Gasteiger partial charge in [-0.3, -0.25) is 4.79 Å². The van der Waals surface area contributed by atoms with E-state index in [1.165, 1.54) is 0 Å². The first kappa shape index (κ1) is 15.3. The van der Waals surface area contributed by atoms with E-state index in [9.17, 15) is 4.79 Å². The van der Waals surface area contributed by atoms with Crippen molar-refractivity contribution in [2.75, 3.05) is 31.6 Å².